The zero-order valence-electron chi connectivity index (χ0n) is 18.8. The third-order valence-corrected chi connectivity index (χ3v) is 6.39. The SMILES string of the molecule is CN(C)c1cccc(C(C(N)=O)N(C(=O)c2ccccc2O)[C@@H]2CCc3c(F)cc(Cl)cc32)c1. The predicted molar refractivity (Wildman–Crippen MR) is 129 cm³/mol. The quantitative estimate of drug-likeness (QED) is 0.538. The van der Waals surface area contributed by atoms with E-state index in [0.717, 1.165) is 5.69 Å². The molecule has 176 valence electrons. The lowest BCUT2D eigenvalue weighted by Gasteiger charge is -2.36. The van der Waals surface area contributed by atoms with E-state index in [1.807, 2.05) is 25.1 Å². The molecule has 3 aromatic carbocycles. The van der Waals surface area contributed by atoms with Crippen LogP contribution in [0.2, 0.25) is 5.02 Å². The first-order chi connectivity index (χ1) is 16.2. The number of carbonyl (C=O) groups excluding carboxylic acids is 2. The minimum absolute atomic E-state index is 0.0217. The molecule has 0 fully saturated rings. The molecule has 8 heteroatoms. The molecule has 2 amide bonds. The van der Waals surface area contributed by atoms with Crippen LogP contribution in [-0.2, 0) is 11.2 Å². The monoisotopic (exact) mass is 481 g/mol. The molecule has 34 heavy (non-hydrogen) atoms. The van der Waals surface area contributed by atoms with Crippen molar-refractivity contribution in [3.05, 3.63) is 93.8 Å². The van der Waals surface area contributed by atoms with Crippen LogP contribution in [0.15, 0.2) is 60.7 Å². The third kappa shape index (κ3) is 4.31. The molecule has 0 saturated heterocycles. The summed E-state index contributed by atoms with van der Waals surface area (Å²) in [5.74, 6) is -2.01. The highest BCUT2D eigenvalue weighted by atomic mass is 35.5. The summed E-state index contributed by atoms with van der Waals surface area (Å²) in [6.45, 7) is 0. The first kappa shape index (κ1) is 23.6. The molecular weight excluding hydrogens is 457 g/mol. The lowest BCUT2D eigenvalue weighted by atomic mass is 9.97. The molecule has 0 radical (unpaired) electrons. The molecule has 0 saturated carbocycles. The fourth-order valence-electron chi connectivity index (χ4n) is 4.58. The van der Waals surface area contributed by atoms with Crippen LogP contribution in [0.1, 0.15) is 45.6 Å². The fraction of sp³-hybridized carbons (Fsp3) is 0.231. The zero-order valence-corrected chi connectivity index (χ0v) is 19.6. The molecule has 1 aliphatic carbocycles. The van der Waals surface area contributed by atoms with Crippen molar-refractivity contribution >= 4 is 29.1 Å². The number of rotatable bonds is 6. The van der Waals surface area contributed by atoms with E-state index in [0.29, 0.717) is 29.5 Å². The predicted octanol–water partition coefficient (Wildman–Crippen LogP) is 4.61. The number of phenols is 1. The van der Waals surface area contributed by atoms with E-state index >= 15 is 0 Å². The Balaban J connectivity index is 1.91. The van der Waals surface area contributed by atoms with Crippen molar-refractivity contribution in [2.75, 3.05) is 19.0 Å². The van der Waals surface area contributed by atoms with E-state index in [1.165, 1.54) is 23.1 Å². The number of aromatic hydroxyl groups is 1. The molecule has 3 N–H and O–H groups in total. The third-order valence-electron chi connectivity index (χ3n) is 6.18. The summed E-state index contributed by atoms with van der Waals surface area (Å²) in [6, 6.07) is 14.3. The molecule has 0 aliphatic heterocycles. The van der Waals surface area contributed by atoms with Crippen LogP contribution in [0.25, 0.3) is 0 Å². The van der Waals surface area contributed by atoms with Crippen molar-refractivity contribution in [3.63, 3.8) is 0 Å². The lowest BCUT2D eigenvalue weighted by Crippen LogP contribution is -2.43. The Labute approximate surface area is 202 Å². The number of amides is 2. The van der Waals surface area contributed by atoms with Crippen LogP contribution >= 0.6 is 11.6 Å². The molecule has 3 aromatic rings. The largest absolute Gasteiger partial charge is 0.507 e. The fourth-order valence-corrected chi connectivity index (χ4v) is 4.79. The van der Waals surface area contributed by atoms with Crippen LogP contribution in [0.4, 0.5) is 10.1 Å². The number of fused-ring (bicyclic) bond motifs is 1. The van der Waals surface area contributed by atoms with Gasteiger partial charge < -0.3 is 20.6 Å². The van der Waals surface area contributed by atoms with E-state index in [4.69, 9.17) is 17.3 Å². The first-order valence-corrected chi connectivity index (χ1v) is 11.2. The Morgan fingerprint density at radius 2 is 1.85 bits per heavy atom. The van der Waals surface area contributed by atoms with Crippen LogP contribution in [0, 0.1) is 5.82 Å². The van der Waals surface area contributed by atoms with Crippen molar-refractivity contribution in [1.29, 1.82) is 0 Å². The molecule has 0 bridgehead atoms. The van der Waals surface area contributed by atoms with E-state index < -0.39 is 29.7 Å². The average Bonchev–Trinajstić information content (AvgIpc) is 3.20. The molecule has 4 rings (SSSR count). The van der Waals surface area contributed by atoms with Crippen LogP contribution in [-0.4, -0.2) is 35.9 Å². The van der Waals surface area contributed by atoms with Crippen LogP contribution < -0.4 is 10.6 Å². The summed E-state index contributed by atoms with van der Waals surface area (Å²) in [5, 5.41) is 10.6. The van der Waals surface area contributed by atoms with Gasteiger partial charge in [-0.15, -0.1) is 0 Å². The number of hydrogen-bond donors (Lipinski definition) is 2. The number of hydrogen-bond acceptors (Lipinski definition) is 4. The first-order valence-electron chi connectivity index (χ1n) is 10.8. The summed E-state index contributed by atoms with van der Waals surface area (Å²) < 4.78 is 14.7. The van der Waals surface area contributed by atoms with Gasteiger partial charge in [0.15, 0.2) is 0 Å². The summed E-state index contributed by atoms with van der Waals surface area (Å²) in [5.41, 5.74) is 8.23. The number of halogens is 2. The highest BCUT2D eigenvalue weighted by Gasteiger charge is 2.41. The number of benzene rings is 3. The highest BCUT2D eigenvalue weighted by Crippen LogP contribution is 2.43. The maximum absolute atomic E-state index is 14.7. The minimum Gasteiger partial charge on any atom is -0.507 e. The molecule has 6 nitrogen and oxygen atoms in total. The van der Waals surface area contributed by atoms with Gasteiger partial charge in [-0.2, -0.15) is 0 Å². The van der Waals surface area contributed by atoms with Gasteiger partial charge in [0.2, 0.25) is 5.91 Å². The molecule has 0 aromatic heterocycles. The van der Waals surface area contributed by atoms with Crippen molar-refractivity contribution in [3.8, 4) is 5.75 Å². The smallest absolute Gasteiger partial charge is 0.259 e. The summed E-state index contributed by atoms with van der Waals surface area (Å²) in [6.07, 6.45) is 0.750. The Bertz CT molecular complexity index is 1260. The van der Waals surface area contributed by atoms with E-state index in [9.17, 15) is 19.1 Å². The lowest BCUT2D eigenvalue weighted by molar-refractivity contribution is -0.123. The molecule has 0 heterocycles. The van der Waals surface area contributed by atoms with Crippen molar-refractivity contribution < 1.29 is 19.1 Å². The molecule has 1 aliphatic rings. The number of carbonyl (C=O) groups is 2. The van der Waals surface area contributed by atoms with Crippen molar-refractivity contribution in [2.45, 2.75) is 24.9 Å². The number of nitrogens with zero attached hydrogens (tertiary/aromatic N) is 2. The maximum atomic E-state index is 14.7. The second kappa shape index (κ2) is 9.35. The Morgan fingerprint density at radius 3 is 2.53 bits per heavy atom. The number of primary amides is 1. The Kier molecular flexibility index (Phi) is 6.48. The van der Waals surface area contributed by atoms with Gasteiger partial charge in [0.05, 0.1) is 11.6 Å². The number of nitrogens with two attached hydrogens (primary N) is 1. The van der Waals surface area contributed by atoms with Gasteiger partial charge in [-0.3, -0.25) is 9.59 Å². The average molecular weight is 482 g/mol. The molecular formula is C26H25ClFN3O3. The van der Waals surface area contributed by atoms with Gasteiger partial charge in [-0.25, -0.2) is 4.39 Å². The number of para-hydroxylation sites is 1. The van der Waals surface area contributed by atoms with Gasteiger partial charge >= 0.3 is 0 Å². The second-order valence-corrected chi connectivity index (χ2v) is 8.97. The standard InChI is InChI=1S/C26H25ClFN3O3/c1-30(2)17-7-5-6-15(12-17)24(25(29)33)31(26(34)19-8-3-4-9-23(19)32)22-11-10-18-20(22)13-16(27)14-21(18)28/h3-9,12-14,22,24,32H,10-11H2,1-2H3,(H2,29,33)/t22-,24?/m1/s1. The van der Waals surface area contributed by atoms with Gasteiger partial charge in [0, 0.05) is 24.8 Å². The second-order valence-electron chi connectivity index (χ2n) is 8.53. The van der Waals surface area contributed by atoms with Gasteiger partial charge in [-0.05, 0) is 65.9 Å². The van der Waals surface area contributed by atoms with Crippen molar-refractivity contribution in [2.24, 2.45) is 5.73 Å². The summed E-state index contributed by atoms with van der Waals surface area (Å²) in [7, 11) is 3.72. The topological polar surface area (TPSA) is 86.9 Å². The minimum atomic E-state index is -1.16. The summed E-state index contributed by atoms with van der Waals surface area (Å²) >= 11 is 6.15. The number of phenolic OH excluding ortho intramolecular Hbond substituents is 1. The molecule has 0 spiro atoms. The number of anilines is 1. The van der Waals surface area contributed by atoms with Crippen molar-refractivity contribution in [1.82, 2.24) is 4.90 Å². The van der Waals surface area contributed by atoms with E-state index in [2.05, 4.69) is 0 Å². The normalized spacial score (nSPS) is 15.5. The Morgan fingerprint density at radius 1 is 1.12 bits per heavy atom. The molecule has 2 atom stereocenters. The zero-order chi connectivity index (χ0) is 24.6. The van der Waals surface area contributed by atoms with Gasteiger partial charge in [0.1, 0.15) is 17.6 Å². The maximum Gasteiger partial charge on any atom is 0.259 e. The van der Waals surface area contributed by atoms with Gasteiger partial charge in [0.25, 0.3) is 5.91 Å². The van der Waals surface area contributed by atoms with E-state index in [-0.39, 0.29) is 16.3 Å². The van der Waals surface area contributed by atoms with Gasteiger partial charge in [-0.1, -0.05) is 35.9 Å². The van der Waals surface area contributed by atoms with Crippen LogP contribution in [0.3, 0.4) is 0 Å². The Hall–Kier alpha value is -3.58. The highest BCUT2D eigenvalue weighted by molar-refractivity contribution is 6.30. The molecule has 1 unspecified atom stereocenters. The van der Waals surface area contributed by atoms with Crippen LogP contribution in [0.5, 0.6) is 5.75 Å². The summed E-state index contributed by atoms with van der Waals surface area (Å²) in [4.78, 5) is 30.0. The van der Waals surface area contributed by atoms with E-state index in [1.54, 1.807) is 36.4 Å².